The summed E-state index contributed by atoms with van der Waals surface area (Å²) in [5, 5.41) is 4.31. The molecule has 4 nitrogen and oxygen atoms in total. The molecular formula is C3H3BrN2O2. The second-order valence-corrected chi connectivity index (χ2v) is 2.24. The summed E-state index contributed by atoms with van der Waals surface area (Å²) in [6.07, 6.45) is 0. The lowest BCUT2D eigenvalue weighted by Crippen LogP contribution is -2.22. The van der Waals surface area contributed by atoms with E-state index in [2.05, 4.69) is 21.2 Å². The zero-order valence-electron chi connectivity index (χ0n) is 3.77. The number of carbonyl (C=O) groups excluding carboxylic acids is 2. The van der Waals surface area contributed by atoms with Crippen molar-refractivity contribution >= 4 is 27.9 Å². The summed E-state index contributed by atoms with van der Waals surface area (Å²) in [5.74, 6) is -0.338. The molecule has 1 saturated heterocycles. The molecule has 0 saturated carbocycles. The second-order valence-electron chi connectivity index (χ2n) is 1.33. The Morgan fingerprint density at radius 3 is 2.25 bits per heavy atom. The summed E-state index contributed by atoms with van der Waals surface area (Å²) < 4.78 is 0. The minimum atomic E-state index is -0.546. The highest BCUT2D eigenvalue weighted by Crippen LogP contribution is 1.98. The van der Waals surface area contributed by atoms with Gasteiger partial charge in [0.15, 0.2) is 4.95 Å². The maximum atomic E-state index is 10.3. The molecule has 0 aromatic rings. The highest BCUT2D eigenvalue weighted by atomic mass is 79.9. The highest BCUT2D eigenvalue weighted by molar-refractivity contribution is 9.10. The van der Waals surface area contributed by atoms with Gasteiger partial charge in [0.1, 0.15) is 0 Å². The van der Waals surface area contributed by atoms with Crippen molar-refractivity contribution in [3.05, 3.63) is 0 Å². The molecule has 0 aromatic carbocycles. The first kappa shape index (κ1) is 5.55. The average Bonchev–Trinajstić information content (AvgIpc) is 1.85. The molecule has 44 valence electrons. The van der Waals surface area contributed by atoms with Crippen molar-refractivity contribution in [1.82, 2.24) is 10.6 Å². The van der Waals surface area contributed by atoms with Gasteiger partial charge >= 0.3 is 6.03 Å². The largest absolute Gasteiger partial charge is 0.322 e. The molecule has 8 heavy (non-hydrogen) atoms. The van der Waals surface area contributed by atoms with E-state index in [0.717, 1.165) is 0 Å². The molecule has 3 amide bonds. The summed E-state index contributed by atoms with van der Waals surface area (Å²) in [4.78, 5) is 20.0. The van der Waals surface area contributed by atoms with E-state index in [0.29, 0.717) is 0 Å². The molecule has 1 aliphatic rings. The Labute approximate surface area is 53.8 Å². The van der Waals surface area contributed by atoms with E-state index in [1.807, 2.05) is 5.32 Å². The SMILES string of the molecule is O=C1NC(=O)[C@@H](Br)N1. The van der Waals surface area contributed by atoms with Crippen LogP contribution in [0.1, 0.15) is 0 Å². The summed E-state index contributed by atoms with van der Waals surface area (Å²) in [6.45, 7) is 0. The van der Waals surface area contributed by atoms with E-state index >= 15 is 0 Å². The van der Waals surface area contributed by atoms with Crippen molar-refractivity contribution in [2.75, 3.05) is 0 Å². The summed E-state index contributed by atoms with van der Waals surface area (Å²) in [6, 6.07) is -0.447. The van der Waals surface area contributed by atoms with Gasteiger partial charge in [0.05, 0.1) is 0 Å². The van der Waals surface area contributed by atoms with Gasteiger partial charge in [-0.1, -0.05) is 15.9 Å². The van der Waals surface area contributed by atoms with Crippen molar-refractivity contribution in [3.8, 4) is 0 Å². The van der Waals surface area contributed by atoms with Crippen molar-refractivity contribution < 1.29 is 9.59 Å². The Bertz CT molecular complexity index is 146. The summed E-state index contributed by atoms with van der Waals surface area (Å²) in [7, 11) is 0. The molecule has 0 aromatic heterocycles. The van der Waals surface area contributed by atoms with Crippen LogP contribution in [0.3, 0.4) is 0 Å². The zero-order chi connectivity index (χ0) is 6.15. The maximum absolute atomic E-state index is 10.3. The minimum Gasteiger partial charge on any atom is -0.317 e. The lowest BCUT2D eigenvalue weighted by Gasteiger charge is -1.89. The fourth-order valence-corrected chi connectivity index (χ4v) is 0.714. The quantitative estimate of drug-likeness (QED) is 0.300. The molecule has 1 heterocycles. The van der Waals surface area contributed by atoms with Gasteiger partial charge in [-0.15, -0.1) is 0 Å². The molecule has 0 aliphatic carbocycles. The van der Waals surface area contributed by atoms with Gasteiger partial charge in [0, 0.05) is 0 Å². The number of halogens is 1. The highest BCUT2D eigenvalue weighted by Gasteiger charge is 2.25. The topological polar surface area (TPSA) is 58.2 Å². The first-order valence-electron chi connectivity index (χ1n) is 1.95. The van der Waals surface area contributed by atoms with Crippen LogP contribution in [0.2, 0.25) is 0 Å². The van der Waals surface area contributed by atoms with Gasteiger partial charge in [-0.05, 0) is 0 Å². The fourth-order valence-electron chi connectivity index (χ4n) is 0.392. The molecule has 1 rings (SSSR count). The van der Waals surface area contributed by atoms with E-state index in [1.54, 1.807) is 0 Å². The van der Waals surface area contributed by atoms with Gasteiger partial charge in [0.25, 0.3) is 5.91 Å². The van der Waals surface area contributed by atoms with E-state index in [-0.39, 0.29) is 5.91 Å². The maximum Gasteiger partial charge on any atom is 0.322 e. The van der Waals surface area contributed by atoms with Crippen LogP contribution in [-0.2, 0) is 4.79 Å². The Morgan fingerprint density at radius 1 is 1.50 bits per heavy atom. The Balaban J connectivity index is 2.64. The smallest absolute Gasteiger partial charge is 0.317 e. The van der Waals surface area contributed by atoms with Crippen LogP contribution in [0.15, 0.2) is 0 Å². The molecule has 5 heteroatoms. The normalized spacial score (nSPS) is 27.4. The zero-order valence-corrected chi connectivity index (χ0v) is 5.36. The lowest BCUT2D eigenvalue weighted by atomic mass is 10.7. The predicted octanol–water partition coefficient (Wildman–Crippen LogP) is -0.453. The van der Waals surface area contributed by atoms with Crippen LogP contribution < -0.4 is 10.6 Å². The molecule has 0 spiro atoms. The van der Waals surface area contributed by atoms with Gasteiger partial charge in [-0.3, -0.25) is 10.1 Å². The number of amides is 3. The predicted molar refractivity (Wildman–Crippen MR) is 29.4 cm³/mol. The molecule has 1 atom stereocenters. The van der Waals surface area contributed by atoms with Gasteiger partial charge < -0.3 is 5.32 Å². The van der Waals surface area contributed by atoms with Gasteiger partial charge in [-0.25, -0.2) is 4.79 Å². The first-order valence-corrected chi connectivity index (χ1v) is 2.87. The second kappa shape index (κ2) is 1.74. The van der Waals surface area contributed by atoms with E-state index < -0.39 is 11.0 Å². The number of hydrogen-bond donors (Lipinski definition) is 2. The van der Waals surface area contributed by atoms with Crippen LogP contribution in [-0.4, -0.2) is 16.9 Å². The number of alkyl halides is 1. The van der Waals surface area contributed by atoms with Gasteiger partial charge in [0.2, 0.25) is 0 Å². The van der Waals surface area contributed by atoms with E-state index in [4.69, 9.17) is 0 Å². The van der Waals surface area contributed by atoms with Crippen molar-refractivity contribution in [2.24, 2.45) is 0 Å². The van der Waals surface area contributed by atoms with Crippen molar-refractivity contribution in [2.45, 2.75) is 4.95 Å². The summed E-state index contributed by atoms with van der Waals surface area (Å²) in [5.41, 5.74) is 0. The molecule has 1 fully saturated rings. The molecule has 0 unspecified atom stereocenters. The monoisotopic (exact) mass is 178 g/mol. The lowest BCUT2D eigenvalue weighted by molar-refractivity contribution is -0.118. The molecule has 0 bridgehead atoms. The number of carbonyl (C=O) groups is 2. The van der Waals surface area contributed by atoms with Crippen LogP contribution in [0.25, 0.3) is 0 Å². The fraction of sp³-hybridized carbons (Fsp3) is 0.333. The van der Waals surface area contributed by atoms with Crippen LogP contribution in [0.5, 0.6) is 0 Å². The third-order valence-corrected chi connectivity index (χ3v) is 1.37. The van der Waals surface area contributed by atoms with Crippen molar-refractivity contribution in [1.29, 1.82) is 0 Å². The number of imide groups is 1. The number of rotatable bonds is 0. The number of urea groups is 1. The van der Waals surface area contributed by atoms with Crippen LogP contribution in [0.4, 0.5) is 4.79 Å². The molecule has 1 aliphatic heterocycles. The van der Waals surface area contributed by atoms with Gasteiger partial charge in [-0.2, -0.15) is 0 Å². The number of hydrogen-bond acceptors (Lipinski definition) is 2. The average molecular weight is 179 g/mol. The number of nitrogens with one attached hydrogen (secondary N) is 2. The molecule has 0 radical (unpaired) electrons. The van der Waals surface area contributed by atoms with Crippen LogP contribution >= 0.6 is 15.9 Å². The van der Waals surface area contributed by atoms with E-state index in [9.17, 15) is 9.59 Å². The minimum absolute atomic E-state index is 0.338. The Hall–Kier alpha value is -0.580. The van der Waals surface area contributed by atoms with Crippen molar-refractivity contribution in [3.63, 3.8) is 0 Å². The third-order valence-electron chi connectivity index (χ3n) is 0.725. The molecular weight excluding hydrogens is 176 g/mol. The molecule has 2 N–H and O–H groups in total. The Morgan fingerprint density at radius 2 is 2.12 bits per heavy atom. The Kier molecular flexibility index (Phi) is 1.21. The van der Waals surface area contributed by atoms with E-state index in [1.165, 1.54) is 0 Å². The summed E-state index contributed by atoms with van der Waals surface area (Å²) >= 11 is 2.90. The van der Waals surface area contributed by atoms with Crippen LogP contribution in [0, 0.1) is 0 Å². The standard InChI is InChI=1S/C3H3BrN2O2/c4-1-2(7)6-3(8)5-1/h1H,(H2,5,6,7,8)/t1-/m0/s1. The first-order chi connectivity index (χ1) is 3.70. The third kappa shape index (κ3) is 0.812.